The maximum absolute atomic E-state index is 11.9. The highest BCUT2D eigenvalue weighted by Gasteiger charge is 2.52. The van der Waals surface area contributed by atoms with Crippen molar-refractivity contribution in [2.24, 2.45) is 5.92 Å². The average Bonchev–Trinajstić information content (AvgIpc) is 3.17. The molecule has 2 aliphatic rings. The molecular weight excluding hydrogens is 369 g/mol. The molecule has 1 aromatic heterocycles. The van der Waals surface area contributed by atoms with Crippen molar-refractivity contribution in [3.8, 4) is 17.5 Å². The standard InChI is InChI=1S/C18H22N3O5P/c1-3-14(22)11(2)9-13(12-7-5-4-6-8-12)10-19-18-20-16-15-17(21-18)26-27(23,24-15)25-16/h4-8,11,13-14,22H,3,9-10H2,1-2H3,(H,19,20,21). The maximum Gasteiger partial charge on any atom is 0.650 e. The van der Waals surface area contributed by atoms with Crippen LogP contribution in [0.2, 0.25) is 0 Å². The summed E-state index contributed by atoms with van der Waals surface area (Å²) in [5.41, 5.74) is 1.17. The van der Waals surface area contributed by atoms with Gasteiger partial charge in [0.1, 0.15) is 0 Å². The molecular formula is C18H22N3O5P. The van der Waals surface area contributed by atoms with Gasteiger partial charge in [-0.2, -0.15) is 14.5 Å². The zero-order valence-electron chi connectivity index (χ0n) is 15.2. The van der Waals surface area contributed by atoms with Crippen molar-refractivity contribution < 1.29 is 23.2 Å². The van der Waals surface area contributed by atoms with E-state index in [2.05, 4.69) is 34.3 Å². The van der Waals surface area contributed by atoms with Crippen LogP contribution in [0.5, 0.6) is 17.5 Å². The lowest BCUT2D eigenvalue weighted by molar-refractivity contribution is 0.104. The van der Waals surface area contributed by atoms with Gasteiger partial charge in [-0.1, -0.05) is 44.2 Å². The van der Waals surface area contributed by atoms with Gasteiger partial charge < -0.3 is 24.0 Å². The molecule has 0 saturated heterocycles. The first-order chi connectivity index (χ1) is 13.0. The summed E-state index contributed by atoms with van der Waals surface area (Å²) in [7, 11) is -3.57. The van der Waals surface area contributed by atoms with Gasteiger partial charge in [0.05, 0.1) is 6.10 Å². The molecule has 3 unspecified atom stereocenters. The van der Waals surface area contributed by atoms with Crippen LogP contribution in [0, 0.1) is 5.92 Å². The SMILES string of the molecule is CCC(O)C(C)CC(CNc1nc2c3c(n1)OP(=O)(O2)O3)c1ccccc1. The average molecular weight is 391 g/mol. The molecule has 0 fully saturated rings. The van der Waals surface area contributed by atoms with E-state index in [-0.39, 0.29) is 35.4 Å². The molecule has 0 spiro atoms. The Morgan fingerprint density at radius 1 is 1.15 bits per heavy atom. The van der Waals surface area contributed by atoms with Crippen LogP contribution in [0.3, 0.4) is 0 Å². The lowest BCUT2D eigenvalue weighted by Gasteiger charge is -2.25. The molecule has 4 rings (SSSR count). The van der Waals surface area contributed by atoms with Crippen LogP contribution in [-0.4, -0.2) is 27.7 Å². The number of nitrogens with one attached hydrogen (secondary N) is 1. The molecule has 9 heteroatoms. The van der Waals surface area contributed by atoms with E-state index in [9.17, 15) is 9.67 Å². The third-order valence-electron chi connectivity index (χ3n) is 4.91. The van der Waals surface area contributed by atoms with Gasteiger partial charge in [-0.25, -0.2) is 0 Å². The van der Waals surface area contributed by atoms with E-state index in [0.29, 0.717) is 12.5 Å². The minimum absolute atomic E-state index is 0.142. The normalized spacial score (nSPS) is 18.8. The van der Waals surface area contributed by atoms with Crippen LogP contribution in [-0.2, 0) is 4.57 Å². The van der Waals surface area contributed by atoms with Gasteiger partial charge in [0.15, 0.2) is 0 Å². The number of aliphatic hydroxyl groups excluding tert-OH is 1. The number of anilines is 1. The predicted octanol–water partition coefficient (Wildman–Crippen LogP) is 3.74. The molecule has 2 N–H and O–H groups in total. The number of hydrogen-bond donors (Lipinski definition) is 2. The first kappa shape index (κ1) is 18.1. The van der Waals surface area contributed by atoms with E-state index in [0.717, 1.165) is 12.8 Å². The first-order valence-electron chi connectivity index (χ1n) is 9.05. The summed E-state index contributed by atoms with van der Waals surface area (Å²) >= 11 is 0. The number of phosphoric ester groups is 1. The zero-order chi connectivity index (χ0) is 19.0. The number of benzene rings is 1. The molecule has 0 aliphatic carbocycles. The van der Waals surface area contributed by atoms with Gasteiger partial charge in [-0.05, 0) is 24.3 Å². The Bertz CT molecular complexity index is 848. The molecule has 8 nitrogen and oxygen atoms in total. The highest BCUT2D eigenvalue weighted by molar-refractivity contribution is 7.50. The summed E-state index contributed by atoms with van der Waals surface area (Å²) in [5.74, 6) is 1.12. The molecule has 3 atom stereocenters. The summed E-state index contributed by atoms with van der Waals surface area (Å²) in [6.07, 6.45) is 1.20. The van der Waals surface area contributed by atoms with Gasteiger partial charge in [-0.15, -0.1) is 0 Å². The van der Waals surface area contributed by atoms with Gasteiger partial charge in [-0.3, -0.25) is 0 Å². The van der Waals surface area contributed by atoms with Crippen LogP contribution in [0.25, 0.3) is 0 Å². The van der Waals surface area contributed by atoms with Gasteiger partial charge >= 0.3 is 7.82 Å². The van der Waals surface area contributed by atoms with Crippen molar-refractivity contribution >= 4 is 13.8 Å². The lowest BCUT2D eigenvalue weighted by atomic mass is 9.86. The third kappa shape index (κ3) is 3.59. The fourth-order valence-electron chi connectivity index (χ4n) is 3.36. The van der Waals surface area contributed by atoms with Gasteiger partial charge in [0.2, 0.25) is 5.95 Å². The Morgan fingerprint density at radius 2 is 1.81 bits per heavy atom. The monoisotopic (exact) mass is 391 g/mol. The molecule has 2 aromatic rings. The maximum atomic E-state index is 11.9. The Hall–Kier alpha value is -2.31. The van der Waals surface area contributed by atoms with Crippen LogP contribution in [0.4, 0.5) is 5.95 Å². The highest BCUT2D eigenvalue weighted by Crippen LogP contribution is 2.67. The number of phosphoric acid groups is 1. The zero-order valence-corrected chi connectivity index (χ0v) is 16.1. The van der Waals surface area contributed by atoms with Crippen LogP contribution in [0.15, 0.2) is 30.3 Å². The molecule has 27 heavy (non-hydrogen) atoms. The van der Waals surface area contributed by atoms with Crippen molar-refractivity contribution in [3.05, 3.63) is 35.9 Å². The summed E-state index contributed by atoms with van der Waals surface area (Å²) in [6, 6.07) is 10.1. The second-order valence-corrected chi connectivity index (χ2v) is 8.33. The Balaban J connectivity index is 1.49. The number of aromatic nitrogens is 2. The van der Waals surface area contributed by atoms with E-state index >= 15 is 0 Å². The quantitative estimate of drug-likeness (QED) is 0.656. The second kappa shape index (κ2) is 7.02. The fraction of sp³-hybridized carbons (Fsp3) is 0.444. The number of hydrogen-bond acceptors (Lipinski definition) is 8. The number of nitrogens with zero attached hydrogens (tertiary/aromatic N) is 2. The van der Waals surface area contributed by atoms with Crippen molar-refractivity contribution in [1.29, 1.82) is 0 Å². The summed E-state index contributed by atoms with van der Waals surface area (Å²) in [4.78, 5) is 8.43. The van der Waals surface area contributed by atoms with E-state index in [1.807, 2.05) is 25.1 Å². The minimum Gasteiger partial charge on any atom is -0.393 e. The van der Waals surface area contributed by atoms with Crippen molar-refractivity contribution in [1.82, 2.24) is 9.97 Å². The Labute approximate surface area is 157 Å². The molecule has 2 bridgehead atoms. The van der Waals surface area contributed by atoms with E-state index < -0.39 is 7.82 Å². The Kier molecular flexibility index (Phi) is 4.70. The molecule has 2 aliphatic heterocycles. The van der Waals surface area contributed by atoms with Gasteiger partial charge in [0, 0.05) is 12.5 Å². The van der Waals surface area contributed by atoms with E-state index in [1.54, 1.807) is 0 Å². The summed E-state index contributed by atoms with van der Waals surface area (Å²) in [6.45, 7) is 4.61. The fourth-order valence-corrected chi connectivity index (χ4v) is 4.52. The largest absolute Gasteiger partial charge is 0.650 e. The second-order valence-electron chi connectivity index (χ2n) is 6.88. The number of rotatable bonds is 8. The summed E-state index contributed by atoms with van der Waals surface area (Å²) in [5, 5.41) is 13.4. The molecule has 3 heterocycles. The van der Waals surface area contributed by atoms with Crippen molar-refractivity contribution in [2.75, 3.05) is 11.9 Å². The third-order valence-corrected chi connectivity index (χ3v) is 6.11. The highest BCUT2D eigenvalue weighted by atomic mass is 31.2. The number of fused-ring (bicyclic) bond motifs is 1. The first-order valence-corrected chi connectivity index (χ1v) is 10.5. The molecule has 0 saturated carbocycles. The molecule has 0 radical (unpaired) electrons. The Morgan fingerprint density at radius 3 is 2.41 bits per heavy atom. The smallest absolute Gasteiger partial charge is 0.393 e. The van der Waals surface area contributed by atoms with Crippen molar-refractivity contribution in [3.63, 3.8) is 0 Å². The molecule has 0 amide bonds. The van der Waals surface area contributed by atoms with Crippen LogP contribution in [0.1, 0.15) is 38.2 Å². The van der Waals surface area contributed by atoms with Crippen LogP contribution >= 0.6 is 7.82 Å². The summed E-state index contributed by atoms with van der Waals surface area (Å²) < 4.78 is 27.2. The minimum atomic E-state index is -3.57. The van der Waals surface area contributed by atoms with E-state index in [4.69, 9.17) is 13.6 Å². The molecule has 1 aromatic carbocycles. The molecule has 144 valence electrons. The van der Waals surface area contributed by atoms with Crippen molar-refractivity contribution in [2.45, 2.75) is 38.7 Å². The topological polar surface area (TPSA) is 103 Å². The predicted molar refractivity (Wildman–Crippen MR) is 99.3 cm³/mol. The van der Waals surface area contributed by atoms with Gasteiger partial charge in [0.25, 0.3) is 17.5 Å². The number of aliphatic hydroxyl groups is 1. The lowest BCUT2D eigenvalue weighted by Crippen LogP contribution is -2.23. The van der Waals surface area contributed by atoms with Crippen LogP contribution < -0.4 is 18.9 Å². The van der Waals surface area contributed by atoms with E-state index in [1.165, 1.54) is 5.56 Å².